The predicted molar refractivity (Wildman–Crippen MR) is 102 cm³/mol. The van der Waals surface area contributed by atoms with Gasteiger partial charge in [-0.3, -0.25) is 9.59 Å². The van der Waals surface area contributed by atoms with Crippen molar-refractivity contribution in [2.24, 2.45) is 5.92 Å². The van der Waals surface area contributed by atoms with E-state index < -0.39 is 0 Å². The van der Waals surface area contributed by atoms with Crippen molar-refractivity contribution in [2.45, 2.75) is 57.9 Å². The third-order valence-electron chi connectivity index (χ3n) is 5.39. The minimum absolute atomic E-state index is 0.0805. The van der Waals surface area contributed by atoms with E-state index in [-0.39, 0.29) is 23.1 Å². The first-order chi connectivity index (χ1) is 12.6. The SMILES string of the molecule is CC1CCCN(c2nn3c(=O)c(C(=O)NC4CCCCC4)cnc3s2)C1. The molecule has 2 aromatic heterocycles. The molecule has 8 heteroatoms. The molecule has 1 unspecified atom stereocenters. The largest absolute Gasteiger partial charge is 0.349 e. The van der Waals surface area contributed by atoms with Crippen molar-refractivity contribution in [1.29, 1.82) is 0 Å². The maximum Gasteiger partial charge on any atom is 0.288 e. The Labute approximate surface area is 156 Å². The van der Waals surface area contributed by atoms with Crippen LogP contribution in [0.1, 0.15) is 62.2 Å². The normalized spacial score (nSPS) is 21.9. The van der Waals surface area contributed by atoms with Crippen molar-refractivity contribution in [2.75, 3.05) is 18.0 Å². The van der Waals surface area contributed by atoms with Gasteiger partial charge in [0, 0.05) is 25.3 Å². The fourth-order valence-electron chi connectivity index (χ4n) is 3.93. The number of fused-ring (bicyclic) bond motifs is 1. The molecule has 3 heterocycles. The van der Waals surface area contributed by atoms with E-state index in [1.165, 1.54) is 34.9 Å². The summed E-state index contributed by atoms with van der Waals surface area (Å²) in [6.07, 6.45) is 9.21. The Morgan fingerprint density at radius 1 is 1.23 bits per heavy atom. The van der Waals surface area contributed by atoms with Gasteiger partial charge in [0.2, 0.25) is 10.1 Å². The summed E-state index contributed by atoms with van der Waals surface area (Å²) in [5, 5.41) is 8.27. The third kappa shape index (κ3) is 3.47. The highest BCUT2D eigenvalue weighted by molar-refractivity contribution is 7.20. The molecule has 26 heavy (non-hydrogen) atoms. The summed E-state index contributed by atoms with van der Waals surface area (Å²) in [4.78, 5) is 32.4. The average Bonchev–Trinajstić information content (AvgIpc) is 3.08. The first kappa shape index (κ1) is 17.5. The topological polar surface area (TPSA) is 79.6 Å². The second-order valence-corrected chi connectivity index (χ2v) is 8.49. The maximum atomic E-state index is 12.8. The zero-order valence-electron chi connectivity index (χ0n) is 15.1. The average molecular weight is 375 g/mol. The smallest absolute Gasteiger partial charge is 0.288 e. The van der Waals surface area contributed by atoms with Crippen molar-refractivity contribution < 1.29 is 4.79 Å². The lowest BCUT2D eigenvalue weighted by Gasteiger charge is -2.30. The Bertz CT molecular complexity index is 855. The highest BCUT2D eigenvalue weighted by Gasteiger charge is 2.23. The van der Waals surface area contributed by atoms with E-state index in [4.69, 9.17) is 0 Å². The molecule has 0 aromatic carbocycles. The predicted octanol–water partition coefficient (Wildman–Crippen LogP) is 2.45. The highest BCUT2D eigenvalue weighted by Crippen LogP contribution is 2.26. The molecule has 0 spiro atoms. The van der Waals surface area contributed by atoms with Crippen LogP contribution in [0.4, 0.5) is 5.13 Å². The number of aromatic nitrogens is 3. The number of nitrogens with one attached hydrogen (secondary N) is 1. The molecular formula is C18H25N5O2S. The molecule has 1 saturated carbocycles. The van der Waals surface area contributed by atoms with Gasteiger partial charge < -0.3 is 10.2 Å². The number of rotatable bonds is 3. The lowest BCUT2D eigenvalue weighted by molar-refractivity contribution is 0.0925. The van der Waals surface area contributed by atoms with Gasteiger partial charge in [-0.2, -0.15) is 4.52 Å². The van der Waals surface area contributed by atoms with Gasteiger partial charge in [0.1, 0.15) is 5.56 Å². The summed E-state index contributed by atoms with van der Waals surface area (Å²) < 4.78 is 1.29. The van der Waals surface area contributed by atoms with E-state index >= 15 is 0 Å². The molecule has 140 valence electrons. The fourth-order valence-corrected chi connectivity index (χ4v) is 4.83. The van der Waals surface area contributed by atoms with E-state index in [0.29, 0.717) is 10.9 Å². The van der Waals surface area contributed by atoms with Gasteiger partial charge >= 0.3 is 0 Å². The van der Waals surface area contributed by atoms with Crippen LogP contribution in [0.25, 0.3) is 4.96 Å². The number of hydrogen-bond acceptors (Lipinski definition) is 6. The molecule has 2 aromatic rings. The standard InChI is InChI=1S/C18H25N5O2S/c1-12-6-5-9-22(11-12)18-21-23-16(25)14(10-19-17(23)26-18)15(24)20-13-7-3-2-4-8-13/h10,12-13H,2-9,11H2,1H3,(H,20,24). The summed E-state index contributed by atoms with van der Waals surface area (Å²) in [6.45, 7) is 4.13. The zero-order valence-corrected chi connectivity index (χ0v) is 15.9. The molecule has 2 fully saturated rings. The lowest BCUT2D eigenvalue weighted by atomic mass is 9.95. The molecule has 1 aliphatic heterocycles. The Hall–Kier alpha value is -1.96. The molecule has 1 atom stereocenters. The quantitative estimate of drug-likeness (QED) is 0.891. The first-order valence-corrected chi connectivity index (χ1v) is 10.4. The van der Waals surface area contributed by atoms with E-state index in [0.717, 1.165) is 50.3 Å². The molecular weight excluding hydrogens is 350 g/mol. The minimum atomic E-state index is -0.379. The Morgan fingerprint density at radius 3 is 2.81 bits per heavy atom. The van der Waals surface area contributed by atoms with E-state index in [9.17, 15) is 9.59 Å². The number of carbonyl (C=O) groups excluding carboxylic acids is 1. The van der Waals surface area contributed by atoms with Crippen LogP contribution < -0.4 is 15.8 Å². The van der Waals surface area contributed by atoms with Crippen LogP contribution in [0.2, 0.25) is 0 Å². The van der Waals surface area contributed by atoms with Crippen LogP contribution in [-0.4, -0.2) is 39.6 Å². The van der Waals surface area contributed by atoms with Crippen LogP contribution in [0.5, 0.6) is 0 Å². The van der Waals surface area contributed by atoms with Gasteiger partial charge in [-0.15, -0.1) is 5.10 Å². The second-order valence-electron chi connectivity index (χ2n) is 7.56. The van der Waals surface area contributed by atoms with Crippen LogP contribution in [0, 0.1) is 5.92 Å². The van der Waals surface area contributed by atoms with Crippen LogP contribution in [0.3, 0.4) is 0 Å². The summed E-state index contributed by atoms with van der Waals surface area (Å²) in [7, 11) is 0. The van der Waals surface area contributed by atoms with Crippen LogP contribution in [-0.2, 0) is 0 Å². The van der Waals surface area contributed by atoms with Gasteiger partial charge in [0.15, 0.2) is 0 Å². The van der Waals surface area contributed by atoms with Crippen LogP contribution >= 0.6 is 11.3 Å². The number of carbonyl (C=O) groups is 1. The number of anilines is 1. The molecule has 1 N–H and O–H groups in total. The summed E-state index contributed by atoms with van der Waals surface area (Å²) in [5.41, 5.74) is -0.298. The van der Waals surface area contributed by atoms with Crippen LogP contribution in [0.15, 0.2) is 11.0 Å². The summed E-state index contributed by atoms with van der Waals surface area (Å²) in [5.74, 6) is 0.294. The van der Waals surface area contributed by atoms with Crippen molar-refractivity contribution in [3.8, 4) is 0 Å². The number of nitrogens with zero attached hydrogens (tertiary/aromatic N) is 4. The van der Waals surface area contributed by atoms with E-state index in [1.807, 2.05) is 0 Å². The van der Waals surface area contributed by atoms with Gasteiger partial charge in [-0.25, -0.2) is 4.98 Å². The lowest BCUT2D eigenvalue weighted by Crippen LogP contribution is -2.39. The van der Waals surface area contributed by atoms with Crippen molar-refractivity contribution in [1.82, 2.24) is 19.9 Å². The van der Waals surface area contributed by atoms with Gasteiger partial charge in [-0.1, -0.05) is 37.5 Å². The van der Waals surface area contributed by atoms with Gasteiger partial charge in [-0.05, 0) is 31.6 Å². The van der Waals surface area contributed by atoms with E-state index in [2.05, 4.69) is 27.2 Å². The Kier molecular flexibility index (Phi) is 4.93. The first-order valence-electron chi connectivity index (χ1n) is 9.56. The van der Waals surface area contributed by atoms with Crippen molar-refractivity contribution >= 4 is 27.3 Å². The maximum absolute atomic E-state index is 12.8. The Balaban J connectivity index is 1.58. The van der Waals surface area contributed by atoms with Gasteiger partial charge in [0.05, 0.1) is 0 Å². The zero-order chi connectivity index (χ0) is 18.1. The molecule has 2 aliphatic rings. The fraction of sp³-hybridized carbons (Fsp3) is 0.667. The van der Waals surface area contributed by atoms with Crippen molar-refractivity contribution in [3.05, 3.63) is 22.1 Å². The van der Waals surface area contributed by atoms with Crippen molar-refractivity contribution in [3.63, 3.8) is 0 Å². The second kappa shape index (κ2) is 7.34. The monoisotopic (exact) mass is 375 g/mol. The number of amides is 1. The number of hydrogen-bond donors (Lipinski definition) is 1. The Morgan fingerprint density at radius 2 is 2.04 bits per heavy atom. The summed E-state index contributed by atoms with van der Waals surface area (Å²) in [6, 6.07) is 0.164. The molecule has 0 bridgehead atoms. The highest BCUT2D eigenvalue weighted by atomic mass is 32.1. The third-order valence-corrected chi connectivity index (χ3v) is 6.37. The van der Waals surface area contributed by atoms with Gasteiger partial charge in [0.25, 0.3) is 11.5 Å². The molecule has 4 rings (SSSR count). The molecule has 1 aliphatic carbocycles. The minimum Gasteiger partial charge on any atom is -0.349 e. The summed E-state index contributed by atoms with van der Waals surface area (Å²) >= 11 is 1.41. The molecule has 7 nitrogen and oxygen atoms in total. The molecule has 1 amide bonds. The molecule has 1 saturated heterocycles. The number of piperidine rings is 1. The molecule has 0 radical (unpaired) electrons. The van der Waals surface area contributed by atoms with E-state index in [1.54, 1.807) is 0 Å².